The number of aromatic amines is 1. The third-order valence-corrected chi connectivity index (χ3v) is 1.42. The molecule has 0 saturated heterocycles. The van der Waals surface area contributed by atoms with Gasteiger partial charge in [-0.05, 0) is 0 Å². The zero-order valence-corrected chi connectivity index (χ0v) is 7.42. The molecule has 78 valence electrons. The maximum Gasteiger partial charge on any atom is 0.321 e. The monoisotopic (exact) mass is 205 g/mol. The number of aromatic nitrogens is 4. The summed E-state index contributed by atoms with van der Waals surface area (Å²) in [5, 5.41) is 14.7. The Hall–Kier alpha value is -1.60. The van der Waals surface area contributed by atoms with Crippen LogP contribution in [0.4, 0.5) is 8.78 Å². The molecule has 1 amide bonds. The van der Waals surface area contributed by atoms with E-state index in [4.69, 9.17) is 0 Å². The number of rotatable bonds is 4. The van der Waals surface area contributed by atoms with Crippen molar-refractivity contribution in [2.75, 3.05) is 6.54 Å². The molecule has 8 heteroatoms. The molecule has 0 atom stereocenters. The van der Waals surface area contributed by atoms with Crippen LogP contribution in [0.5, 0.6) is 0 Å². The lowest BCUT2D eigenvalue weighted by atomic mass is 10.3. The number of tetrazole rings is 1. The van der Waals surface area contributed by atoms with Gasteiger partial charge in [0, 0.05) is 19.9 Å². The number of nitrogens with zero attached hydrogens (tertiary/aromatic N) is 3. The molecule has 1 rings (SSSR count). The number of hydrogen-bond acceptors (Lipinski definition) is 4. The van der Waals surface area contributed by atoms with E-state index in [1.165, 1.54) is 0 Å². The smallest absolute Gasteiger partial charge is 0.321 e. The molecule has 0 saturated carbocycles. The first-order valence-electron chi connectivity index (χ1n) is 3.88. The van der Waals surface area contributed by atoms with E-state index in [0.717, 1.165) is 0 Å². The van der Waals surface area contributed by atoms with Crippen molar-refractivity contribution < 1.29 is 13.6 Å². The summed E-state index contributed by atoms with van der Waals surface area (Å²) in [5.74, 6) is -4.29. The third-order valence-electron chi connectivity index (χ3n) is 1.42. The zero-order chi connectivity index (χ0) is 10.6. The number of halogens is 2. The van der Waals surface area contributed by atoms with E-state index >= 15 is 0 Å². The second-order valence-electron chi connectivity index (χ2n) is 2.72. The molecule has 0 unspecified atom stereocenters. The molecular formula is C6H9F2N5O. The third kappa shape index (κ3) is 3.04. The van der Waals surface area contributed by atoms with Crippen LogP contribution in [0.15, 0.2) is 0 Å². The number of carbonyl (C=O) groups is 1. The molecule has 1 heterocycles. The Labute approximate surface area is 78.1 Å². The SMILES string of the molecule is CC(F)(F)C(=O)NCCc1nn[nH]n1. The van der Waals surface area contributed by atoms with Crippen molar-refractivity contribution in [1.29, 1.82) is 0 Å². The van der Waals surface area contributed by atoms with E-state index in [1.54, 1.807) is 0 Å². The molecule has 0 spiro atoms. The van der Waals surface area contributed by atoms with E-state index in [2.05, 4.69) is 25.9 Å². The predicted molar refractivity (Wildman–Crippen MR) is 41.5 cm³/mol. The number of H-pyrrole nitrogens is 1. The van der Waals surface area contributed by atoms with Crippen LogP contribution >= 0.6 is 0 Å². The van der Waals surface area contributed by atoms with Gasteiger partial charge in [0.1, 0.15) is 0 Å². The molecule has 0 fully saturated rings. The van der Waals surface area contributed by atoms with Gasteiger partial charge in [-0.3, -0.25) is 4.79 Å². The zero-order valence-electron chi connectivity index (χ0n) is 7.42. The molecule has 1 aromatic rings. The molecule has 0 radical (unpaired) electrons. The Kier molecular flexibility index (Phi) is 3.05. The van der Waals surface area contributed by atoms with Crippen molar-refractivity contribution in [3.05, 3.63) is 5.82 Å². The minimum Gasteiger partial charge on any atom is -0.350 e. The van der Waals surface area contributed by atoms with Crippen molar-refractivity contribution in [2.45, 2.75) is 19.3 Å². The Morgan fingerprint density at radius 3 is 2.86 bits per heavy atom. The number of hydrogen-bond donors (Lipinski definition) is 2. The van der Waals surface area contributed by atoms with E-state index in [-0.39, 0.29) is 13.0 Å². The van der Waals surface area contributed by atoms with Crippen molar-refractivity contribution in [2.24, 2.45) is 0 Å². The van der Waals surface area contributed by atoms with Gasteiger partial charge in [0.05, 0.1) is 0 Å². The van der Waals surface area contributed by atoms with Crippen LogP contribution in [0.1, 0.15) is 12.7 Å². The molecule has 0 aliphatic heterocycles. The minimum atomic E-state index is -3.35. The molecule has 14 heavy (non-hydrogen) atoms. The Bertz CT molecular complexity index is 294. The van der Waals surface area contributed by atoms with Crippen LogP contribution in [0.25, 0.3) is 0 Å². The summed E-state index contributed by atoms with van der Waals surface area (Å²) in [6.07, 6.45) is 0.262. The molecule has 1 aromatic heterocycles. The summed E-state index contributed by atoms with van der Waals surface area (Å²) in [5.41, 5.74) is 0. The van der Waals surface area contributed by atoms with Gasteiger partial charge in [-0.1, -0.05) is 5.21 Å². The van der Waals surface area contributed by atoms with Gasteiger partial charge in [-0.15, -0.1) is 10.2 Å². The van der Waals surface area contributed by atoms with Crippen molar-refractivity contribution in [3.8, 4) is 0 Å². The fourth-order valence-corrected chi connectivity index (χ4v) is 0.731. The highest BCUT2D eigenvalue weighted by molar-refractivity contribution is 5.82. The summed E-state index contributed by atoms with van der Waals surface area (Å²) < 4.78 is 24.6. The average molecular weight is 205 g/mol. The highest BCUT2D eigenvalue weighted by Gasteiger charge is 2.31. The van der Waals surface area contributed by atoms with Crippen LogP contribution in [0, 0.1) is 0 Å². The van der Waals surface area contributed by atoms with Crippen LogP contribution in [0.3, 0.4) is 0 Å². The van der Waals surface area contributed by atoms with Crippen LogP contribution in [0.2, 0.25) is 0 Å². The second kappa shape index (κ2) is 4.07. The van der Waals surface area contributed by atoms with Crippen molar-refractivity contribution >= 4 is 5.91 Å². The fraction of sp³-hybridized carbons (Fsp3) is 0.667. The minimum absolute atomic E-state index is 0.0573. The highest BCUT2D eigenvalue weighted by Crippen LogP contribution is 2.10. The van der Waals surface area contributed by atoms with Crippen LogP contribution in [-0.2, 0) is 11.2 Å². The van der Waals surface area contributed by atoms with Gasteiger partial charge in [-0.25, -0.2) is 0 Å². The van der Waals surface area contributed by atoms with Gasteiger partial charge >= 0.3 is 5.92 Å². The van der Waals surface area contributed by atoms with Gasteiger partial charge in [-0.2, -0.15) is 14.0 Å². The van der Waals surface area contributed by atoms with Gasteiger partial charge in [0.25, 0.3) is 5.91 Å². The summed E-state index contributed by atoms with van der Waals surface area (Å²) >= 11 is 0. The first-order chi connectivity index (χ1) is 6.50. The van der Waals surface area contributed by atoms with Crippen molar-refractivity contribution in [3.63, 3.8) is 0 Å². The quantitative estimate of drug-likeness (QED) is 0.695. The normalized spacial score (nSPS) is 11.4. The number of nitrogens with one attached hydrogen (secondary N) is 2. The number of carbonyl (C=O) groups excluding carboxylic acids is 1. The maximum atomic E-state index is 12.3. The molecule has 0 aliphatic rings. The van der Waals surface area contributed by atoms with E-state index in [1.807, 2.05) is 0 Å². The number of alkyl halides is 2. The standard InChI is InChI=1S/C6H9F2N5O/c1-6(7,8)5(14)9-3-2-4-10-12-13-11-4/h2-3H2,1H3,(H,9,14)(H,10,11,12,13). The molecule has 0 bridgehead atoms. The number of amides is 1. The lowest BCUT2D eigenvalue weighted by molar-refractivity contribution is -0.142. The lowest BCUT2D eigenvalue weighted by Gasteiger charge is -2.09. The predicted octanol–water partition coefficient (Wildman–Crippen LogP) is -0.486. The average Bonchev–Trinajstić information content (AvgIpc) is 2.55. The molecule has 6 nitrogen and oxygen atoms in total. The van der Waals surface area contributed by atoms with E-state index < -0.39 is 11.8 Å². The van der Waals surface area contributed by atoms with Crippen molar-refractivity contribution in [1.82, 2.24) is 25.9 Å². The van der Waals surface area contributed by atoms with Gasteiger partial charge in [0.15, 0.2) is 5.82 Å². The summed E-state index contributed by atoms with van der Waals surface area (Å²) in [4.78, 5) is 10.7. The molecule has 0 aliphatic carbocycles. The van der Waals surface area contributed by atoms with E-state index in [9.17, 15) is 13.6 Å². The first kappa shape index (κ1) is 10.5. The van der Waals surface area contributed by atoms with E-state index in [0.29, 0.717) is 12.7 Å². The second-order valence-corrected chi connectivity index (χ2v) is 2.72. The topological polar surface area (TPSA) is 83.6 Å². The van der Waals surface area contributed by atoms with Crippen LogP contribution < -0.4 is 5.32 Å². The lowest BCUT2D eigenvalue weighted by Crippen LogP contribution is -2.38. The Morgan fingerprint density at radius 1 is 1.64 bits per heavy atom. The first-order valence-corrected chi connectivity index (χ1v) is 3.88. The fourth-order valence-electron chi connectivity index (χ4n) is 0.731. The van der Waals surface area contributed by atoms with Gasteiger partial charge in [0.2, 0.25) is 0 Å². The Balaban J connectivity index is 2.26. The molecule has 2 N–H and O–H groups in total. The summed E-state index contributed by atoms with van der Waals surface area (Å²) in [6, 6.07) is 0. The molecular weight excluding hydrogens is 196 g/mol. The summed E-state index contributed by atoms with van der Waals surface area (Å²) in [7, 11) is 0. The Morgan fingerprint density at radius 2 is 2.36 bits per heavy atom. The highest BCUT2D eigenvalue weighted by atomic mass is 19.3. The van der Waals surface area contributed by atoms with Gasteiger partial charge < -0.3 is 5.32 Å². The van der Waals surface area contributed by atoms with Crippen LogP contribution in [-0.4, -0.2) is 39.0 Å². The summed E-state index contributed by atoms with van der Waals surface area (Å²) in [6.45, 7) is 0.596. The molecule has 0 aromatic carbocycles. The maximum absolute atomic E-state index is 12.3. The largest absolute Gasteiger partial charge is 0.350 e.